The summed E-state index contributed by atoms with van der Waals surface area (Å²) in [7, 11) is 3.20. The van der Waals surface area contributed by atoms with Crippen molar-refractivity contribution in [3.63, 3.8) is 0 Å². The van der Waals surface area contributed by atoms with E-state index in [2.05, 4.69) is 27.8 Å². The van der Waals surface area contributed by atoms with Crippen molar-refractivity contribution in [2.24, 2.45) is 0 Å². The zero-order valence-electron chi connectivity index (χ0n) is 16.8. The van der Waals surface area contributed by atoms with Gasteiger partial charge in [0.1, 0.15) is 17.2 Å². The predicted octanol–water partition coefficient (Wildman–Crippen LogP) is 4.66. The summed E-state index contributed by atoms with van der Waals surface area (Å²) in [6, 6.07) is 15.8. The molecule has 0 bridgehead atoms. The number of hydrogen-bond donors (Lipinski definition) is 2. The molecule has 0 aliphatic carbocycles. The maximum Gasteiger partial charge on any atom is 0.271 e. The molecule has 0 saturated heterocycles. The van der Waals surface area contributed by atoms with E-state index in [4.69, 9.17) is 9.47 Å². The second kappa shape index (κ2) is 9.93. The molecule has 0 fully saturated rings. The highest BCUT2D eigenvalue weighted by molar-refractivity contribution is 7.14. The largest absolute Gasteiger partial charge is 0.497 e. The van der Waals surface area contributed by atoms with E-state index in [1.807, 2.05) is 37.3 Å². The maximum atomic E-state index is 12.5. The van der Waals surface area contributed by atoms with Crippen LogP contribution in [0.1, 0.15) is 29.4 Å². The molecule has 2 aromatic carbocycles. The van der Waals surface area contributed by atoms with E-state index in [-0.39, 0.29) is 11.9 Å². The maximum absolute atomic E-state index is 12.5. The minimum Gasteiger partial charge on any atom is -0.497 e. The number of hydrogen-bond acceptors (Lipinski definition) is 6. The topological polar surface area (TPSA) is 72.5 Å². The number of rotatable bonds is 9. The highest BCUT2D eigenvalue weighted by Gasteiger charge is 2.15. The second-order valence-electron chi connectivity index (χ2n) is 6.63. The Hall–Kier alpha value is -3.06. The molecule has 2 N–H and O–H groups in total. The van der Waals surface area contributed by atoms with Crippen LogP contribution in [0, 0.1) is 0 Å². The number of anilines is 2. The third-order valence-corrected chi connectivity index (χ3v) is 5.23. The lowest BCUT2D eigenvalue weighted by molar-refractivity contribution is 0.0934. The van der Waals surface area contributed by atoms with Gasteiger partial charge in [-0.25, -0.2) is 4.98 Å². The van der Waals surface area contributed by atoms with Gasteiger partial charge in [0.15, 0.2) is 5.13 Å². The molecule has 1 unspecified atom stereocenters. The Balaban J connectivity index is 1.57. The number of amides is 1. The number of methoxy groups -OCH3 is 2. The molecule has 3 aromatic rings. The number of ether oxygens (including phenoxy) is 2. The average molecular weight is 412 g/mol. The van der Waals surface area contributed by atoms with Gasteiger partial charge in [0, 0.05) is 17.5 Å². The van der Waals surface area contributed by atoms with Crippen molar-refractivity contribution < 1.29 is 14.3 Å². The van der Waals surface area contributed by atoms with Crippen LogP contribution in [0.4, 0.5) is 10.8 Å². The summed E-state index contributed by atoms with van der Waals surface area (Å²) in [6.45, 7) is 2.01. The molecule has 1 aromatic heterocycles. The van der Waals surface area contributed by atoms with Gasteiger partial charge in [-0.15, -0.1) is 11.3 Å². The van der Waals surface area contributed by atoms with Crippen molar-refractivity contribution >= 4 is 28.1 Å². The van der Waals surface area contributed by atoms with E-state index in [9.17, 15) is 4.79 Å². The number of carbonyl (C=O) groups is 1. The molecule has 0 spiro atoms. The lowest BCUT2D eigenvalue weighted by Crippen LogP contribution is -2.33. The SMILES string of the molecule is COc1ccc(Nc2nc(C(=O)NC(C)CCc3ccccc3)cs2)c(OC)c1. The Kier molecular flexibility index (Phi) is 7.08. The molecule has 7 heteroatoms. The number of nitrogens with zero attached hydrogens (tertiary/aromatic N) is 1. The molecule has 0 aliphatic heterocycles. The molecule has 3 rings (SSSR count). The molecule has 6 nitrogen and oxygen atoms in total. The van der Waals surface area contributed by atoms with Gasteiger partial charge in [-0.3, -0.25) is 4.79 Å². The van der Waals surface area contributed by atoms with Gasteiger partial charge >= 0.3 is 0 Å². The van der Waals surface area contributed by atoms with Crippen LogP contribution in [-0.4, -0.2) is 31.2 Å². The Morgan fingerprint density at radius 1 is 1.14 bits per heavy atom. The molecular weight excluding hydrogens is 386 g/mol. The van der Waals surface area contributed by atoms with Crippen LogP contribution >= 0.6 is 11.3 Å². The van der Waals surface area contributed by atoms with Crippen LogP contribution in [-0.2, 0) is 6.42 Å². The summed E-state index contributed by atoms with van der Waals surface area (Å²) in [5.41, 5.74) is 2.42. The Bertz CT molecular complexity index is 943. The summed E-state index contributed by atoms with van der Waals surface area (Å²) >= 11 is 1.37. The van der Waals surface area contributed by atoms with Crippen molar-refractivity contribution in [1.82, 2.24) is 10.3 Å². The van der Waals surface area contributed by atoms with Gasteiger partial charge in [-0.05, 0) is 37.5 Å². The fourth-order valence-corrected chi connectivity index (χ4v) is 3.55. The Morgan fingerprint density at radius 2 is 1.93 bits per heavy atom. The minimum absolute atomic E-state index is 0.0579. The number of aryl methyl sites for hydroxylation is 1. The van der Waals surface area contributed by atoms with Gasteiger partial charge in [0.25, 0.3) is 5.91 Å². The summed E-state index contributed by atoms with van der Waals surface area (Å²) in [5.74, 6) is 1.17. The van der Waals surface area contributed by atoms with E-state index in [0.29, 0.717) is 22.3 Å². The fourth-order valence-electron chi connectivity index (χ4n) is 2.85. The number of aromatic nitrogens is 1. The van der Waals surface area contributed by atoms with Gasteiger partial charge in [-0.1, -0.05) is 30.3 Å². The van der Waals surface area contributed by atoms with Gasteiger partial charge in [0.2, 0.25) is 0 Å². The Morgan fingerprint density at radius 3 is 2.66 bits per heavy atom. The lowest BCUT2D eigenvalue weighted by Gasteiger charge is -2.13. The van der Waals surface area contributed by atoms with Crippen molar-refractivity contribution in [2.75, 3.05) is 19.5 Å². The second-order valence-corrected chi connectivity index (χ2v) is 7.49. The van der Waals surface area contributed by atoms with E-state index in [1.165, 1.54) is 16.9 Å². The standard InChI is InChI=1S/C22H25N3O3S/c1-15(9-10-16-7-5-4-6-8-16)23-21(26)19-14-29-22(25-19)24-18-12-11-17(27-2)13-20(18)28-3/h4-8,11-15H,9-10H2,1-3H3,(H,23,26)(H,24,25). The normalized spacial score (nSPS) is 11.6. The summed E-state index contributed by atoms with van der Waals surface area (Å²) in [6.07, 6.45) is 1.79. The van der Waals surface area contributed by atoms with Crippen LogP contribution in [0.2, 0.25) is 0 Å². The third kappa shape index (κ3) is 5.71. The smallest absolute Gasteiger partial charge is 0.271 e. The monoisotopic (exact) mass is 411 g/mol. The van der Waals surface area contributed by atoms with Crippen LogP contribution in [0.5, 0.6) is 11.5 Å². The molecule has 1 amide bonds. The van der Waals surface area contributed by atoms with Gasteiger partial charge in [-0.2, -0.15) is 0 Å². The molecule has 0 aliphatic rings. The highest BCUT2D eigenvalue weighted by atomic mass is 32.1. The van der Waals surface area contributed by atoms with E-state index in [1.54, 1.807) is 25.7 Å². The molecule has 1 heterocycles. The Labute approximate surface area is 174 Å². The van der Waals surface area contributed by atoms with Crippen LogP contribution < -0.4 is 20.1 Å². The van der Waals surface area contributed by atoms with Crippen molar-refractivity contribution in [2.45, 2.75) is 25.8 Å². The zero-order chi connectivity index (χ0) is 20.6. The van der Waals surface area contributed by atoms with Crippen molar-refractivity contribution in [1.29, 1.82) is 0 Å². The predicted molar refractivity (Wildman–Crippen MR) is 117 cm³/mol. The lowest BCUT2D eigenvalue weighted by atomic mass is 10.1. The third-order valence-electron chi connectivity index (χ3n) is 4.47. The van der Waals surface area contributed by atoms with Crippen LogP contribution in [0.3, 0.4) is 0 Å². The highest BCUT2D eigenvalue weighted by Crippen LogP contribution is 2.32. The van der Waals surface area contributed by atoms with E-state index in [0.717, 1.165) is 18.5 Å². The molecule has 1 atom stereocenters. The van der Waals surface area contributed by atoms with Crippen molar-refractivity contribution in [3.05, 3.63) is 65.2 Å². The first-order valence-electron chi connectivity index (χ1n) is 9.38. The number of nitrogens with one attached hydrogen (secondary N) is 2. The molecule has 29 heavy (non-hydrogen) atoms. The van der Waals surface area contributed by atoms with E-state index < -0.39 is 0 Å². The summed E-state index contributed by atoms with van der Waals surface area (Å²) in [5, 5.41) is 8.58. The molecule has 0 saturated carbocycles. The van der Waals surface area contributed by atoms with Crippen LogP contribution in [0.15, 0.2) is 53.9 Å². The van der Waals surface area contributed by atoms with Gasteiger partial charge in [0.05, 0.1) is 19.9 Å². The van der Waals surface area contributed by atoms with Crippen LogP contribution in [0.25, 0.3) is 0 Å². The first-order chi connectivity index (χ1) is 14.1. The number of benzene rings is 2. The van der Waals surface area contributed by atoms with E-state index >= 15 is 0 Å². The molecule has 0 radical (unpaired) electrons. The summed E-state index contributed by atoms with van der Waals surface area (Å²) < 4.78 is 10.6. The first-order valence-corrected chi connectivity index (χ1v) is 10.3. The van der Waals surface area contributed by atoms with Gasteiger partial charge < -0.3 is 20.1 Å². The minimum atomic E-state index is -0.170. The number of carbonyl (C=O) groups excluding carboxylic acids is 1. The molecular formula is C22H25N3O3S. The zero-order valence-corrected chi connectivity index (χ0v) is 17.6. The number of thiazole rings is 1. The summed E-state index contributed by atoms with van der Waals surface area (Å²) in [4.78, 5) is 16.9. The molecule has 152 valence electrons. The quantitative estimate of drug-likeness (QED) is 0.536. The first kappa shape index (κ1) is 20.7. The van der Waals surface area contributed by atoms with Crippen molar-refractivity contribution in [3.8, 4) is 11.5 Å². The fraction of sp³-hybridized carbons (Fsp3) is 0.273. The average Bonchev–Trinajstić information content (AvgIpc) is 3.22.